The Hall–Kier alpha value is -0.120. The summed E-state index contributed by atoms with van der Waals surface area (Å²) in [6, 6.07) is 0.467. The minimum Gasteiger partial charge on any atom is -0.348 e. The van der Waals surface area contributed by atoms with Crippen molar-refractivity contribution in [1.82, 2.24) is 0 Å². The maximum atomic E-state index is 5.87. The van der Waals surface area contributed by atoms with Crippen LogP contribution in [0, 0.1) is 5.41 Å². The van der Waals surface area contributed by atoms with Gasteiger partial charge in [0, 0.05) is 18.9 Å². The summed E-state index contributed by atoms with van der Waals surface area (Å²) in [7, 11) is 0. The van der Waals surface area contributed by atoms with Crippen molar-refractivity contribution in [3.8, 4) is 0 Å². The van der Waals surface area contributed by atoms with Crippen LogP contribution in [0.1, 0.15) is 38.5 Å². The van der Waals surface area contributed by atoms with Crippen molar-refractivity contribution in [2.24, 2.45) is 11.1 Å². The number of hydrogen-bond donors (Lipinski definition) is 1. The van der Waals surface area contributed by atoms with Gasteiger partial charge in [0.1, 0.15) is 0 Å². The van der Waals surface area contributed by atoms with Gasteiger partial charge in [-0.3, -0.25) is 0 Å². The molecule has 2 aliphatic carbocycles. The predicted molar refractivity (Wildman–Crippen MR) is 52.7 cm³/mol. The molecule has 2 N–H and O–H groups in total. The zero-order chi connectivity index (χ0) is 9.65. The lowest BCUT2D eigenvalue weighted by Crippen LogP contribution is -2.51. The Morgan fingerprint density at radius 3 is 2.00 bits per heavy atom. The Kier molecular flexibility index (Phi) is 1.92. The van der Waals surface area contributed by atoms with Crippen LogP contribution in [0.2, 0.25) is 0 Å². The van der Waals surface area contributed by atoms with Gasteiger partial charge < -0.3 is 15.2 Å². The highest BCUT2D eigenvalue weighted by molar-refractivity contribution is 5.00. The molecule has 1 heterocycles. The molecular weight excluding hydrogens is 178 g/mol. The van der Waals surface area contributed by atoms with E-state index in [-0.39, 0.29) is 5.79 Å². The average Bonchev–Trinajstić information content (AvgIpc) is 2.57. The normalized spacial score (nSPS) is 34.9. The van der Waals surface area contributed by atoms with E-state index in [0.29, 0.717) is 11.5 Å². The lowest BCUT2D eigenvalue weighted by atomic mass is 9.58. The van der Waals surface area contributed by atoms with Crippen LogP contribution < -0.4 is 5.73 Å². The zero-order valence-corrected chi connectivity index (χ0v) is 8.63. The first-order valence-electron chi connectivity index (χ1n) is 5.76. The molecular formula is C11H19NO2. The van der Waals surface area contributed by atoms with Gasteiger partial charge in [0.2, 0.25) is 0 Å². The van der Waals surface area contributed by atoms with Crippen molar-refractivity contribution in [3.63, 3.8) is 0 Å². The maximum Gasteiger partial charge on any atom is 0.168 e. The molecule has 0 bridgehead atoms. The standard InChI is InChI=1S/C11H19NO2/c12-9-7-10(8-9)1-3-11(4-2-10)13-5-6-14-11/h9H,1-8,12H2. The van der Waals surface area contributed by atoms with E-state index in [1.54, 1.807) is 0 Å². The number of nitrogens with two attached hydrogens (primary N) is 1. The molecule has 1 saturated heterocycles. The van der Waals surface area contributed by atoms with Gasteiger partial charge in [0.25, 0.3) is 0 Å². The van der Waals surface area contributed by atoms with Gasteiger partial charge in [-0.1, -0.05) is 0 Å². The molecule has 0 unspecified atom stereocenters. The van der Waals surface area contributed by atoms with Crippen LogP contribution in [-0.2, 0) is 9.47 Å². The molecule has 0 atom stereocenters. The van der Waals surface area contributed by atoms with E-state index < -0.39 is 0 Å². The van der Waals surface area contributed by atoms with Gasteiger partial charge in [-0.05, 0) is 31.1 Å². The number of rotatable bonds is 0. The lowest BCUT2D eigenvalue weighted by molar-refractivity contribution is -0.199. The molecule has 14 heavy (non-hydrogen) atoms. The fourth-order valence-corrected chi connectivity index (χ4v) is 3.41. The molecule has 3 nitrogen and oxygen atoms in total. The molecule has 2 spiro atoms. The van der Waals surface area contributed by atoms with E-state index in [9.17, 15) is 0 Å². The van der Waals surface area contributed by atoms with Gasteiger partial charge >= 0.3 is 0 Å². The van der Waals surface area contributed by atoms with Gasteiger partial charge in [-0.25, -0.2) is 0 Å². The van der Waals surface area contributed by atoms with Crippen molar-refractivity contribution in [1.29, 1.82) is 0 Å². The quantitative estimate of drug-likeness (QED) is 0.638. The van der Waals surface area contributed by atoms with Crippen molar-refractivity contribution < 1.29 is 9.47 Å². The molecule has 2 saturated carbocycles. The second-order valence-corrected chi connectivity index (χ2v) is 5.28. The third-order valence-corrected chi connectivity index (χ3v) is 4.28. The molecule has 3 fully saturated rings. The van der Waals surface area contributed by atoms with Crippen LogP contribution in [0.3, 0.4) is 0 Å². The molecule has 0 aromatic rings. The summed E-state index contributed by atoms with van der Waals surface area (Å²) in [6.07, 6.45) is 7.12. The van der Waals surface area contributed by atoms with E-state index in [4.69, 9.17) is 15.2 Å². The highest BCUT2D eigenvalue weighted by Crippen LogP contribution is 2.54. The molecule has 0 amide bonds. The number of hydrogen-bond acceptors (Lipinski definition) is 3. The monoisotopic (exact) mass is 197 g/mol. The Morgan fingerprint density at radius 2 is 1.50 bits per heavy atom. The first-order valence-corrected chi connectivity index (χ1v) is 5.76. The molecule has 3 rings (SSSR count). The summed E-state index contributed by atoms with van der Waals surface area (Å²) in [5.41, 5.74) is 6.44. The predicted octanol–water partition coefficient (Wildman–Crippen LogP) is 1.41. The summed E-state index contributed by atoms with van der Waals surface area (Å²) in [6.45, 7) is 1.57. The molecule has 0 aromatic heterocycles. The Morgan fingerprint density at radius 1 is 0.929 bits per heavy atom. The highest BCUT2D eigenvalue weighted by atomic mass is 16.7. The molecule has 3 heteroatoms. The highest BCUT2D eigenvalue weighted by Gasteiger charge is 2.50. The topological polar surface area (TPSA) is 44.5 Å². The molecule has 1 aliphatic heterocycles. The van der Waals surface area contributed by atoms with Crippen LogP contribution in [0.15, 0.2) is 0 Å². The zero-order valence-electron chi connectivity index (χ0n) is 8.63. The average molecular weight is 197 g/mol. The number of ether oxygens (including phenoxy) is 2. The first kappa shape index (κ1) is 9.13. The molecule has 80 valence electrons. The second kappa shape index (κ2) is 2.94. The summed E-state index contributed by atoms with van der Waals surface area (Å²) in [4.78, 5) is 0. The Bertz CT molecular complexity index is 217. The van der Waals surface area contributed by atoms with Gasteiger partial charge in [-0.15, -0.1) is 0 Å². The molecule has 0 radical (unpaired) electrons. The Balaban J connectivity index is 1.62. The van der Waals surface area contributed by atoms with E-state index in [2.05, 4.69) is 0 Å². The third-order valence-electron chi connectivity index (χ3n) is 4.28. The largest absolute Gasteiger partial charge is 0.348 e. The molecule has 0 aromatic carbocycles. The molecule has 3 aliphatic rings. The third kappa shape index (κ3) is 1.30. The van der Waals surface area contributed by atoms with Crippen molar-refractivity contribution in [2.45, 2.75) is 50.4 Å². The van der Waals surface area contributed by atoms with E-state index in [0.717, 1.165) is 26.1 Å². The van der Waals surface area contributed by atoms with Crippen molar-refractivity contribution >= 4 is 0 Å². The van der Waals surface area contributed by atoms with Crippen LogP contribution >= 0.6 is 0 Å². The fraction of sp³-hybridized carbons (Fsp3) is 1.00. The SMILES string of the molecule is NC1CC2(CCC3(CC2)OCCO3)C1. The summed E-state index contributed by atoms with van der Waals surface area (Å²) < 4.78 is 11.4. The summed E-state index contributed by atoms with van der Waals surface area (Å²) >= 11 is 0. The fourth-order valence-electron chi connectivity index (χ4n) is 3.41. The lowest BCUT2D eigenvalue weighted by Gasteiger charge is -2.52. The maximum absolute atomic E-state index is 5.87. The van der Waals surface area contributed by atoms with E-state index >= 15 is 0 Å². The van der Waals surface area contributed by atoms with Crippen LogP contribution in [0.25, 0.3) is 0 Å². The van der Waals surface area contributed by atoms with Crippen LogP contribution in [-0.4, -0.2) is 25.0 Å². The van der Waals surface area contributed by atoms with Gasteiger partial charge in [0.15, 0.2) is 5.79 Å². The van der Waals surface area contributed by atoms with Crippen LogP contribution in [0.4, 0.5) is 0 Å². The second-order valence-electron chi connectivity index (χ2n) is 5.28. The van der Waals surface area contributed by atoms with Crippen molar-refractivity contribution in [2.75, 3.05) is 13.2 Å². The van der Waals surface area contributed by atoms with Gasteiger partial charge in [0.05, 0.1) is 13.2 Å². The van der Waals surface area contributed by atoms with E-state index in [1.807, 2.05) is 0 Å². The minimum absolute atomic E-state index is 0.190. The summed E-state index contributed by atoms with van der Waals surface area (Å²) in [5, 5.41) is 0. The van der Waals surface area contributed by atoms with Gasteiger partial charge in [-0.2, -0.15) is 0 Å². The van der Waals surface area contributed by atoms with Crippen LogP contribution in [0.5, 0.6) is 0 Å². The Labute approximate surface area is 84.9 Å². The van der Waals surface area contributed by atoms with Crippen molar-refractivity contribution in [3.05, 3.63) is 0 Å². The summed E-state index contributed by atoms with van der Waals surface area (Å²) in [5.74, 6) is -0.190. The minimum atomic E-state index is -0.190. The first-order chi connectivity index (χ1) is 6.72. The van der Waals surface area contributed by atoms with E-state index in [1.165, 1.54) is 25.7 Å². The smallest absolute Gasteiger partial charge is 0.168 e.